The van der Waals surface area contributed by atoms with Crippen molar-refractivity contribution in [1.82, 2.24) is 10.2 Å². The van der Waals surface area contributed by atoms with Gasteiger partial charge in [0, 0.05) is 12.6 Å². The van der Waals surface area contributed by atoms with Gasteiger partial charge >= 0.3 is 0 Å². The van der Waals surface area contributed by atoms with Gasteiger partial charge in [0.25, 0.3) is 0 Å². The summed E-state index contributed by atoms with van der Waals surface area (Å²) in [7, 11) is -2.36. The maximum absolute atomic E-state index is 13.6. The van der Waals surface area contributed by atoms with Gasteiger partial charge in [-0.15, -0.1) is 0 Å². The van der Waals surface area contributed by atoms with E-state index >= 15 is 0 Å². The summed E-state index contributed by atoms with van der Waals surface area (Å²) >= 11 is 12.4. The zero-order chi connectivity index (χ0) is 26.3. The van der Waals surface area contributed by atoms with Crippen molar-refractivity contribution in [3.05, 3.63) is 58.1 Å². The highest BCUT2D eigenvalue weighted by atomic mass is 35.5. The fourth-order valence-corrected chi connectivity index (χ4v) is 4.81. The normalized spacial score (nSPS) is 12.2. The number of halogens is 2. The van der Waals surface area contributed by atoms with Gasteiger partial charge in [0.15, 0.2) is 0 Å². The monoisotopic (exact) mass is 543 g/mol. The van der Waals surface area contributed by atoms with Crippen LogP contribution in [0.1, 0.15) is 32.8 Å². The quantitative estimate of drug-likeness (QED) is 0.460. The highest BCUT2D eigenvalue weighted by Crippen LogP contribution is 2.33. The molecule has 8 nitrogen and oxygen atoms in total. The van der Waals surface area contributed by atoms with Crippen molar-refractivity contribution in [2.45, 2.75) is 45.8 Å². The van der Waals surface area contributed by atoms with Gasteiger partial charge in [-0.25, -0.2) is 8.42 Å². The van der Waals surface area contributed by atoms with Gasteiger partial charge < -0.3 is 15.0 Å². The number of rotatable bonds is 11. The minimum absolute atomic E-state index is 0.0127. The summed E-state index contributed by atoms with van der Waals surface area (Å²) in [5.74, 6) is -0.237. The van der Waals surface area contributed by atoms with Gasteiger partial charge in [-0.2, -0.15) is 0 Å². The number of hydrogen-bond acceptors (Lipinski definition) is 5. The van der Waals surface area contributed by atoms with Crippen molar-refractivity contribution in [2.24, 2.45) is 0 Å². The molecule has 2 aromatic carbocycles. The summed E-state index contributed by atoms with van der Waals surface area (Å²) < 4.78 is 31.4. The zero-order valence-corrected chi connectivity index (χ0v) is 22.7. The number of carbonyl (C=O) groups is 2. The number of methoxy groups -OCH3 is 1. The van der Waals surface area contributed by atoms with Crippen LogP contribution in [0.25, 0.3) is 0 Å². The lowest BCUT2D eigenvalue weighted by Gasteiger charge is -2.33. The molecule has 0 saturated carbocycles. The highest BCUT2D eigenvalue weighted by molar-refractivity contribution is 7.92. The highest BCUT2D eigenvalue weighted by Gasteiger charge is 2.32. The van der Waals surface area contributed by atoms with Crippen molar-refractivity contribution in [2.75, 3.05) is 24.2 Å². The predicted octanol–water partition coefficient (Wildman–Crippen LogP) is 4.10. The van der Waals surface area contributed by atoms with Gasteiger partial charge in [-0.05, 0) is 50.1 Å². The standard InChI is InChI=1S/C24H31Cl2N3O5S/c1-6-20(24(31)27-16(2)3)28(14-17-10-12-18(34-4)13-11-17)22(30)15-29(35(5,32)33)21-9-7-8-19(25)23(21)26/h7-13,16,20H,6,14-15H2,1-5H3,(H,27,31)/t20-/m0/s1. The number of nitrogens with one attached hydrogen (secondary N) is 1. The van der Waals surface area contributed by atoms with Crippen LogP contribution in [0.4, 0.5) is 5.69 Å². The van der Waals surface area contributed by atoms with Crippen LogP contribution in [-0.2, 0) is 26.2 Å². The molecule has 0 fully saturated rings. The number of ether oxygens (including phenoxy) is 1. The molecule has 0 radical (unpaired) electrons. The second-order valence-electron chi connectivity index (χ2n) is 8.30. The van der Waals surface area contributed by atoms with E-state index in [0.717, 1.165) is 16.1 Å². The average molecular weight is 545 g/mol. The number of benzene rings is 2. The van der Waals surface area contributed by atoms with Gasteiger partial charge in [0.2, 0.25) is 21.8 Å². The van der Waals surface area contributed by atoms with E-state index in [1.807, 2.05) is 13.8 Å². The Morgan fingerprint density at radius 1 is 1.09 bits per heavy atom. The molecule has 0 unspecified atom stereocenters. The van der Waals surface area contributed by atoms with Crippen LogP contribution < -0.4 is 14.4 Å². The van der Waals surface area contributed by atoms with E-state index in [1.165, 1.54) is 17.0 Å². The lowest BCUT2D eigenvalue weighted by Crippen LogP contribution is -2.53. The van der Waals surface area contributed by atoms with Crippen LogP contribution in [0.15, 0.2) is 42.5 Å². The molecule has 0 aliphatic heterocycles. The minimum Gasteiger partial charge on any atom is -0.497 e. The van der Waals surface area contributed by atoms with Crippen LogP contribution >= 0.6 is 23.2 Å². The number of amides is 2. The van der Waals surface area contributed by atoms with Gasteiger partial charge in [0.05, 0.1) is 29.1 Å². The first-order valence-corrected chi connectivity index (χ1v) is 13.6. The van der Waals surface area contributed by atoms with Crippen molar-refractivity contribution >= 4 is 50.7 Å². The molecule has 0 saturated heterocycles. The van der Waals surface area contributed by atoms with Crippen LogP contribution in [-0.4, -0.2) is 57.1 Å². The van der Waals surface area contributed by atoms with Crippen molar-refractivity contribution in [3.8, 4) is 5.75 Å². The molecule has 35 heavy (non-hydrogen) atoms. The molecule has 192 valence electrons. The Bertz CT molecular complexity index is 1140. The Hall–Kier alpha value is -2.49. The van der Waals surface area contributed by atoms with Crippen LogP contribution in [0.5, 0.6) is 5.75 Å². The van der Waals surface area contributed by atoms with Gasteiger partial charge in [-0.3, -0.25) is 13.9 Å². The molecule has 0 spiro atoms. The first-order valence-electron chi connectivity index (χ1n) is 11.0. The molecular weight excluding hydrogens is 513 g/mol. The summed E-state index contributed by atoms with van der Waals surface area (Å²) in [6.45, 7) is 4.98. The second kappa shape index (κ2) is 12.5. The summed E-state index contributed by atoms with van der Waals surface area (Å²) in [6.07, 6.45) is 1.31. The molecule has 0 aliphatic rings. The fourth-order valence-electron chi connectivity index (χ4n) is 3.51. The number of sulfonamides is 1. The molecule has 0 heterocycles. The summed E-state index contributed by atoms with van der Waals surface area (Å²) in [4.78, 5) is 28.0. The zero-order valence-electron chi connectivity index (χ0n) is 20.4. The lowest BCUT2D eigenvalue weighted by molar-refractivity contribution is -0.140. The smallest absolute Gasteiger partial charge is 0.244 e. The third kappa shape index (κ3) is 7.75. The Balaban J connectivity index is 2.48. The number of nitrogens with zero attached hydrogens (tertiary/aromatic N) is 2. The molecule has 2 rings (SSSR count). The minimum atomic E-state index is -3.91. The Morgan fingerprint density at radius 3 is 2.23 bits per heavy atom. The molecule has 2 aromatic rings. The third-order valence-corrected chi connectivity index (χ3v) is 7.14. The molecule has 1 N–H and O–H groups in total. The second-order valence-corrected chi connectivity index (χ2v) is 11.0. The third-order valence-electron chi connectivity index (χ3n) is 5.21. The first-order chi connectivity index (χ1) is 16.4. The predicted molar refractivity (Wildman–Crippen MR) is 140 cm³/mol. The Kier molecular flexibility index (Phi) is 10.2. The largest absolute Gasteiger partial charge is 0.497 e. The van der Waals surface area contributed by atoms with E-state index in [9.17, 15) is 18.0 Å². The van der Waals surface area contributed by atoms with E-state index in [0.29, 0.717) is 12.2 Å². The maximum atomic E-state index is 13.6. The molecular formula is C24H31Cl2N3O5S. The van der Waals surface area contributed by atoms with E-state index in [-0.39, 0.29) is 34.2 Å². The number of carbonyl (C=O) groups excluding carboxylic acids is 2. The van der Waals surface area contributed by atoms with Gasteiger partial charge in [0.1, 0.15) is 18.3 Å². The van der Waals surface area contributed by atoms with E-state index < -0.39 is 28.5 Å². The number of anilines is 1. The molecule has 1 atom stereocenters. The Labute approximate surface area is 217 Å². The van der Waals surface area contributed by atoms with Gasteiger partial charge in [-0.1, -0.05) is 48.3 Å². The van der Waals surface area contributed by atoms with Crippen LogP contribution in [0.3, 0.4) is 0 Å². The van der Waals surface area contributed by atoms with E-state index in [1.54, 1.807) is 44.4 Å². The number of hydrogen-bond donors (Lipinski definition) is 1. The Morgan fingerprint density at radius 2 is 1.71 bits per heavy atom. The molecule has 0 aromatic heterocycles. The average Bonchev–Trinajstić information content (AvgIpc) is 2.78. The fraction of sp³-hybridized carbons (Fsp3) is 0.417. The molecule has 11 heteroatoms. The molecule has 0 bridgehead atoms. The summed E-state index contributed by atoms with van der Waals surface area (Å²) in [5.41, 5.74) is 0.834. The van der Waals surface area contributed by atoms with Crippen LogP contribution in [0, 0.1) is 0 Å². The van der Waals surface area contributed by atoms with E-state index in [4.69, 9.17) is 27.9 Å². The molecule has 0 aliphatic carbocycles. The first kappa shape index (κ1) is 28.7. The molecule has 2 amide bonds. The van der Waals surface area contributed by atoms with Crippen molar-refractivity contribution in [3.63, 3.8) is 0 Å². The van der Waals surface area contributed by atoms with Crippen molar-refractivity contribution in [1.29, 1.82) is 0 Å². The summed E-state index contributed by atoms with van der Waals surface area (Å²) in [6, 6.07) is 10.7. The van der Waals surface area contributed by atoms with Crippen LogP contribution in [0.2, 0.25) is 10.0 Å². The van der Waals surface area contributed by atoms with Crippen molar-refractivity contribution < 1.29 is 22.7 Å². The summed E-state index contributed by atoms with van der Waals surface area (Å²) in [5, 5.41) is 3.01. The lowest BCUT2D eigenvalue weighted by atomic mass is 10.1. The SMILES string of the molecule is CC[C@@H](C(=O)NC(C)C)N(Cc1ccc(OC)cc1)C(=O)CN(c1cccc(Cl)c1Cl)S(C)(=O)=O. The van der Waals surface area contributed by atoms with E-state index in [2.05, 4.69) is 5.32 Å². The topological polar surface area (TPSA) is 96.0 Å². The maximum Gasteiger partial charge on any atom is 0.244 e.